The quantitative estimate of drug-likeness (QED) is 0.226. The Balaban J connectivity index is 1.59. The first kappa shape index (κ1) is 28.7. The minimum absolute atomic E-state index is 0.00408. The molecule has 218 valence electrons. The molecule has 12 heteroatoms. The lowest BCUT2D eigenvalue weighted by Gasteiger charge is -2.29. The maximum absolute atomic E-state index is 13.5. The predicted molar refractivity (Wildman–Crippen MR) is 154 cm³/mol. The molecular weight excluding hydrogens is 549 g/mol. The molecule has 0 aliphatic heterocycles. The van der Waals surface area contributed by atoms with Crippen molar-refractivity contribution in [3.05, 3.63) is 66.5 Å². The highest BCUT2D eigenvalue weighted by Gasteiger charge is 2.30. The Morgan fingerprint density at radius 1 is 1.14 bits per heavy atom. The maximum atomic E-state index is 13.5. The number of nitrogens with two attached hydrogens (primary N) is 1. The lowest BCUT2D eigenvalue weighted by atomic mass is 9.83. The van der Waals surface area contributed by atoms with E-state index < -0.39 is 18.7 Å². The van der Waals surface area contributed by atoms with E-state index >= 15 is 0 Å². The van der Waals surface area contributed by atoms with Crippen LogP contribution < -0.4 is 21.1 Å². The van der Waals surface area contributed by atoms with E-state index in [2.05, 4.69) is 27.2 Å². The first-order chi connectivity index (χ1) is 20.0. The van der Waals surface area contributed by atoms with Crippen molar-refractivity contribution >= 4 is 34.4 Å². The molecule has 1 fully saturated rings. The molecule has 0 saturated heterocycles. The molecule has 1 aliphatic rings. The van der Waals surface area contributed by atoms with E-state index in [1.807, 2.05) is 0 Å². The number of benzene rings is 2. The number of alkyl halides is 3. The van der Waals surface area contributed by atoms with Gasteiger partial charge in [0.1, 0.15) is 29.7 Å². The summed E-state index contributed by atoms with van der Waals surface area (Å²) in [5.74, 6) is -1.07. The summed E-state index contributed by atoms with van der Waals surface area (Å²) in [5.41, 5.74) is 9.95. The Kier molecular flexibility index (Phi) is 7.88. The van der Waals surface area contributed by atoms with E-state index in [0.29, 0.717) is 57.5 Å². The molecule has 2 aromatic heterocycles. The third-order valence-corrected chi connectivity index (χ3v) is 7.26. The number of aromatic nitrogens is 3. The zero-order chi connectivity index (χ0) is 30.1. The fourth-order valence-electron chi connectivity index (χ4n) is 5.06. The van der Waals surface area contributed by atoms with Gasteiger partial charge in [0.2, 0.25) is 0 Å². The number of nitrogens with zero attached hydrogens (tertiary/aromatic N) is 3. The second-order valence-corrected chi connectivity index (χ2v) is 10.3. The van der Waals surface area contributed by atoms with Gasteiger partial charge in [0.05, 0.1) is 16.6 Å². The molecule has 0 radical (unpaired) electrons. The monoisotopic (exact) mass is 578 g/mol. The van der Waals surface area contributed by atoms with Gasteiger partial charge < -0.3 is 25.7 Å². The van der Waals surface area contributed by atoms with Crippen molar-refractivity contribution in [3.8, 4) is 28.1 Å². The summed E-state index contributed by atoms with van der Waals surface area (Å²) in [6.45, 7) is 2.29. The Hall–Kier alpha value is -4.87. The van der Waals surface area contributed by atoms with Crippen molar-refractivity contribution in [1.82, 2.24) is 19.9 Å². The average Bonchev–Trinajstić information content (AvgIpc) is 3.23. The number of hydrogen-bond donors (Lipinski definition) is 3. The molecule has 1 saturated carbocycles. The van der Waals surface area contributed by atoms with Crippen LogP contribution in [-0.4, -0.2) is 45.7 Å². The molecule has 4 N–H and O–H groups in total. The second kappa shape index (κ2) is 11.6. The number of carbonyl (C=O) groups is 2. The van der Waals surface area contributed by atoms with E-state index in [9.17, 15) is 22.8 Å². The van der Waals surface area contributed by atoms with Gasteiger partial charge in [0.25, 0.3) is 11.8 Å². The van der Waals surface area contributed by atoms with Crippen LogP contribution in [0.5, 0.6) is 5.75 Å². The van der Waals surface area contributed by atoms with Crippen LogP contribution in [0.1, 0.15) is 30.1 Å². The van der Waals surface area contributed by atoms with E-state index in [0.717, 1.165) is 0 Å². The van der Waals surface area contributed by atoms with Gasteiger partial charge in [-0.3, -0.25) is 9.59 Å². The van der Waals surface area contributed by atoms with Crippen LogP contribution >= 0.6 is 0 Å². The lowest BCUT2D eigenvalue weighted by Crippen LogP contribution is -2.37. The smallest absolute Gasteiger partial charge is 0.387 e. The van der Waals surface area contributed by atoms with Crippen molar-refractivity contribution in [1.29, 1.82) is 0 Å². The third kappa shape index (κ3) is 5.65. The van der Waals surface area contributed by atoms with Gasteiger partial charge in [0.15, 0.2) is 0 Å². The van der Waals surface area contributed by atoms with E-state index in [4.69, 9.17) is 10.5 Å². The standard InChI is InChI=1S/C30H29F3N6O3/c1-15(2)28(40)38-20-7-4-17(5-8-20)25-23(24-26(34)36-14-37-27(24)39(25)3)18-6-9-21(22(12-18)42-30(32)33)29(41)35-13-16-10-19(31)11-16/h4-9,12,14,16,19,30H,1,10-11,13H2,2-3H3,(H,35,41)(H,38,40)(H2,34,36,37)/t16-,19-. The fraction of sp³-hybridized carbons (Fsp3) is 0.267. The number of ether oxygens (including phenoxy) is 1. The van der Waals surface area contributed by atoms with Crippen LogP contribution in [0.25, 0.3) is 33.4 Å². The van der Waals surface area contributed by atoms with Gasteiger partial charge >= 0.3 is 6.61 Å². The van der Waals surface area contributed by atoms with Crippen LogP contribution in [0.3, 0.4) is 0 Å². The fourth-order valence-corrected chi connectivity index (χ4v) is 5.06. The Morgan fingerprint density at radius 2 is 1.83 bits per heavy atom. The van der Waals surface area contributed by atoms with E-state index in [1.165, 1.54) is 18.5 Å². The molecule has 0 bridgehead atoms. The molecule has 4 aromatic rings. The van der Waals surface area contributed by atoms with Crippen LogP contribution in [0.4, 0.5) is 24.7 Å². The molecule has 5 rings (SSSR count). The molecule has 0 unspecified atom stereocenters. The van der Waals surface area contributed by atoms with Crippen molar-refractivity contribution in [2.75, 3.05) is 17.6 Å². The molecule has 2 aromatic carbocycles. The second-order valence-electron chi connectivity index (χ2n) is 10.3. The number of carbonyl (C=O) groups excluding carboxylic acids is 2. The number of hydrogen-bond acceptors (Lipinski definition) is 6. The summed E-state index contributed by atoms with van der Waals surface area (Å²) < 4.78 is 46.7. The Bertz CT molecular complexity index is 1680. The van der Waals surface area contributed by atoms with Crippen LogP contribution in [0.2, 0.25) is 0 Å². The summed E-state index contributed by atoms with van der Waals surface area (Å²) in [7, 11) is 1.78. The zero-order valence-corrected chi connectivity index (χ0v) is 23.0. The van der Waals surface area contributed by atoms with Gasteiger partial charge in [0, 0.05) is 30.4 Å². The minimum Gasteiger partial charge on any atom is -0.434 e. The predicted octanol–water partition coefficient (Wildman–Crippen LogP) is 5.48. The number of anilines is 2. The highest BCUT2D eigenvalue weighted by Crippen LogP contribution is 2.43. The highest BCUT2D eigenvalue weighted by molar-refractivity contribution is 6.09. The minimum atomic E-state index is -3.19. The van der Waals surface area contributed by atoms with Gasteiger partial charge in [-0.2, -0.15) is 8.78 Å². The van der Waals surface area contributed by atoms with Gasteiger partial charge in [-0.05, 0) is 61.1 Å². The molecule has 42 heavy (non-hydrogen) atoms. The van der Waals surface area contributed by atoms with Gasteiger partial charge in [-0.1, -0.05) is 24.8 Å². The summed E-state index contributed by atoms with van der Waals surface area (Å²) >= 11 is 0. The lowest BCUT2D eigenvalue weighted by molar-refractivity contribution is -0.112. The Morgan fingerprint density at radius 3 is 2.48 bits per heavy atom. The third-order valence-electron chi connectivity index (χ3n) is 7.26. The normalized spacial score (nSPS) is 16.2. The maximum Gasteiger partial charge on any atom is 0.387 e. The van der Waals surface area contributed by atoms with Crippen molar-refractivity contribution in [2.24, 2.45) is 13.0 Å². The molecule has 0 spiro atoms. The molecule has 2 amide bonds. The molecule has 0 atom stereocenters. The van der Waals surface area contributed by atoms with Crippen LogP contribution in [-0.2, 0) is 11.8 Å². The number of fused-ring (bicyclic) bond motifs is 1. The molecule has 9 nitrogen and oxygen atoms in total. The SMILES string of the molecule is C=C(C)C(=O)Nc1ccc(-c2c(-c3ccc(C(=O)NC[C@H]4C[C@H](F)C4)c(OC(F)F)c3)c3c(N)ncnc3n2C)cc1. The van der Waals surface area contributed by atoms with Gasteiger partial charge in [-0.15, -0.1) is 0 Å². The van der Waals surface area contributed by atoms with Crippen molar-refractivity contribution in [3.63, 3.8) is 0 Å². The average molecular weight is 579 g/mol. The molecule has 2 heterocycles. The van der Waals surface area contributed by atoms with Crippen LogP contribution in [0.15, 0.2) is 60.9 Å². The van der Waals surface area contributed by atoms with Crippen LogP contribution in [0, 0.1) is 5.92 Å². The van der Waals surface area contributed by atoms with Crippen molar-refractivity contribution in [2.45, 2.75) is 32.5 Å². The highest BCUT2D eigenvalue weighted by atomic mass is 19.3. The van der Waals surface area contributed by atoms with Crippen molar-refractivity contribution < 1.29 is 27.5 Å². The van der Waals surface area contributed by atoms with Gasteiger partial charge in [-0.25, -0.2) is 14.4 Å². The summed E-state index contributed by atoms with van der Waals surface area (Å²) in [6.07, 6.45) is 1.16. The summed E-state index contributed by atoms with van der Waals surface area (Å²) in [4.78, 5) is 33.5. The molecule has 1 aliphatic carbocycles. The Labute approximate surface area is 239 Å². The number of aryl methyl sites for hydroxylation is 1. The largest absolute Gasteiger partial charge is 0.434 e. The summed E-state index contributed by atoms with van der Waals surface area (Å²) in [5, 5.41) is 5.93. The number of nitrogens with one attached hydrogen (secondary N) is 2. The summed E-state index contributed by atoms with van der Waals surface area (Å²) in [6, 6.07) is 11.4. The number of rotatable bonds is 9. The molecular formula is C30H29F3N6O3. The van der Waals surface area contributed by atoms with E-state index in [-0.39, 0.29) is 35.5 Å². The number of nitrogen functional groups attached to an aromatic ring is 1. The first-order valence-corrected chi connectivity index (χ1v) is 13.2. The number of halogens is 3. The van der Waals surface area contributed by atoms with E-state index in [1.54, 1.807) is 48.9 Å². The first-order valence-electron chi connectivity index (χ1n) is 13.2. The zero-order valence-electron chi connectivity index (χ0n) is 23.0. The number of amides is 2. The topological polar surface area (TPSA) is 124 Å².